The third kappa shape index (κ3) is 2.65. The lowest BCUT2D eigenvalue weighted by atomic mass is 9.95. The maximum absolute atomic E-state index is 4.41. The Bertz CT molecular complexity index is 330. The molecule has 1 heterocycles. The van der Waals surface area contributed by atoms with Crippen molar-refractivity contribution in [2.24, 2.45) is 0 Å². The van der Waals surface area contributed by atoms with Gasteiger partial charge in [-0.05, 0) is 25.0 Å². The van der Waals surface area contributed by atoms with Gasteiger partial charge >= 0.3 is 0 Å². The summed E-state index contributed by atoms with van der Waals surface area (Å²) in [6, 6.07) is 4.76. The first-order valence-corrected chi connectivity index (χ1v) is 6.16. The van der Waals surface area contributed by atoms with Gasteiger partial charge in [0.15, 0.2) is 5.82 Å². The summed E-state index contributed by atoms with van der Waals surface area (Å²) in [5, 5.41) is 3.63. The lowest BCUT2D eigenvalue weighted by molar-refractivity contribution is 0.462. The normalized spacial score (nSPS) is 17.1. The van der Waals surface area contributed by atoms with E-state index in [0.29, 0.717) is 6.04 Å². The molecule has 0 aliphatic heterocycles. The molecular weight excluding hydrogens is 198 g/mol. The van der Waals surface area contributed by atoms with Crippen LogP contribution in [-0.4, -0.2) is 25.1 Å². The van der Waals surface area contributed by atoms with Gasteiger partial charge in [-0.25, -0.2) is 4.98 Å². The molecule has 1 aliphatic rings. The molecule has 0 radical (unpaired) electrons. The molecule has 0 aromatic carbocycles. The van der Waals surface area contributed by atoms with E-state index in [1.807, 2.05) is 26.4 Å². The van der Waals surface area contributed by atoms with Crippen LogP contribution in [0, 0.1) is 0 Å². The largest absolute Gasteiger partial charge is 0.379 e. The summed E-state index contributed by atoms with van der Waals surface area (Å²) < 4.78 is 0. The first-order chi connectivity index (χ1) is 7.77. The highest BCUT2D eigenvalue weighted by Gasteiger charge is 2.15. The van der Waals surface area contributed by atoms with Crippen LogP contribution in [0.2, 0.25) is 0 Å². The van der Waals surface area contributed by atoms with Crippen LogP contribution < -0.4 is 10.2 Å². The molecule has 88 valence electrons. The molecule has 16 heavy (non-hydrogen) atoms. The average molecular weight is 219 g/mol. The zero-order valence-electron chi connectivity index (χ0n) is 10.2. The molecular formula is C13H21N3. The van der Waals surface area contributed by atoms with Crippen LogP contribution >= 0.6 is 0 Å². The van der Waals surface area contributed by atoms with E-state index in [1.165, 1.54) is 37.8 Å². The maximum atomic E-state index is 4.41. The number of nitrogens with zero attached hydrogens (tertiary/aromatic N) is 2. The van der Waals surface area contributed by atoms with Crippen molar-refractivity contribution >= 4 is 11.5 Å². The second-order valence-corrected chi connectivity index (χ2v) is 4.75. The van der Waals surface area contributed by atoms with Crippen molar-refractivity contribution in [3.05, 3.63) is 18.3 Å². The summed E-state index contributed by atoms with van der Waals surface area (Å²) in [5.41, 5.74) is 1.17. The van der Waals surface area contributed by atoms with Crippen LogP contribution in [0.3, 0.4) is 0 Å². The molecule has 0 saturated heterocycles. The molecule has 1 N–H and O–H groups in total. The molecule has 1 saturated carbocycles. The third-order valence-electron chi connectivity index (χ3n) is 3.18. The summed E-state index contributed by atoms with van der Waals surface area (Å²) in [4.78, 5) is 6.47. The van der Waals surface area contributed by atoms with Gasteiger partial charge in [0.2, 0.25) is 0 Å². The monoisotopic (exact) mass is 219 g/mol. The molecule has 3 nitrogen and oxygen atoms in total. The molecule has 0 spiro atoms. The van der Waals surface area contributed by atoms with Crippen molar-refractivity contribution in [1.29, 1.82) is 0 Å². The average Bonchev–Trinajstić information content (AvgIpc) is 2.31. The quantitative estimate of drug-likeness (QED) is 0.847. The minimum atomic E-state index is 0.636. The highest BCUT2D eigenvalue weighted by Crippen LogP contribution is 2.26. The van der Waals surface area contributed by atoms with Crippen molar-refractivity contribution in [3.8, 4) is 0 Å². The summed E-state index contributed by atoms with van der Waals surface area (Å²) in [7, 11) is 4.07. The second kappa shape index (κ2) is 5.19. The van der Waals surface area contributed by atoms with E-state index in [1.54, 1.807) is 0 Å². The van der Waals surface area contributed by atoms with E-state index >= 15 is 0 Å². The van der Waals surface area contributed by atoms with Gasteiger partial charge in [-0.2, -0.15) is 0 Å². The fourth-order valence-electron chi connectivity index (χ4n) is 2.33. The Morgan fingerprint density at radius 1 is 1.25 bits per heavy atom. The smallest absolute Gasteiger partial charge is 0.151 e. The summed E-state index contributed by atoms with van der Waals surface area (Å²) in [6.07, 6.45) is 8.54. The van der Waals surface area contributed by atoms with Gasteiger partial charge in [0.25, 0.3) is 0 Å². The highest BCUT2D eigenvalue weighted by molar-refractivity contribution is 5.65. The minimum Gasteiger partial charge on any atom is -0.379 e. The predicted molar refractivity (Wildman–Crippen MR) is 69.1 cm³/mol. The van der Waals surface area contributed by atoms with Crippen molar-refractivity contribution in [2.45, 2.75) is 38.1 Å². The summed E-state index contributed by atoms with van der Waals surface area (Å²) in [6.45, 7) is 0. The van der Waals surface area contributed by atoms with Gasteiger partial charge in [-0.15, -0.1) is 0 Å². The Hall–Kier alpha value is -1.25. The fourth-order valence-corrected chi connectivity index (χ4v) is 2.33. The number of hydrogen-bond donors (Lipinski definition) is 1. The van der Waals surface area contributed by atoms with Crippen molar-refractivity contribution in [2.75, 3.05) is 24.3 Å². The Morgan fingerprint density at radius 2 is 2.00 bits per heavy atom. The van der Waals surface area contributed by atoms with E-state index in [2.05, 4.69) is 21.3 Å². The van der Waals surface area contributed by atoms with Crippen molar-refractivity contribution in [1.82, 2.24) is 4.98 Å². The molecule has 2 rings (SSSR count). The topological polar surface area (TPSA) is 28.2 Å². The lowest BCUT2D eigenvalue weighted by Gasteiger charge is -2.26. The molecule has 1 aliphatic carbocycles. The molecule has 1 aromatic heterocycles. The van der Waals surface area contributed by atoms with Crippen LogP contribution in [0.5, 0.6) is 0 Å². The van der Waals surface area contributed by atoms with Gasteiger partial charge in [0.1, 0.15) is 0 Å². The van der Waals surface area contributed by atoms with E-state index in [4.69, 9.17) is 0 Å². The van der Waals surface area contributed by atoms with E-state index < -0.39 is 0 Å². The highest BCUT2D eigenvalue weighted by atomic mass is 15.2. The zero-order chi connectivity index (χ0) is 11.4. The van der Waals surface area contributed by atoms with Crippen LogP contribution in [0.25, 0.3) is 0 Å². The first-order valence-electron chi connectivity index (χ1n) is 6.16. The Morgan fingerprint density at radius 3 is 2.69 bits per heavy atom. The van der Waals surface area contributed by atoms with Gasteiger partial charge in [-0.3, -0.25) is 0 Å². The molecule has 0 unspecified atom stereocenters. The summed E-state index contributed by atoms with van der Waals surface area (Å²) in [5.74, 6) is 1.04. The molecule has 0 amide bonds. The third-order valence-corrected chi connectivity index (χ3v) is 3.18. The van der Waals surface area contributed by atoms with E-state index in [0.717, 1.165) is 5.82 Å². The summed E-state index contributed by atoms with van der Waals surface area (Å²) >= 11 is 0. The minimum absolute atomic E-state index is 0.636. The van der Waals surface area contributed by atoms with E-state index in [-0.39, 0.29) is 0 Å². The van der Waals surface area contributed by atoms with Crippen LogP contribution in [0.15, 0.2) is 18.3 Å². The molecule has 3 heteroatoms. The number of aromatic nitrogens is 1. The number of pyridine rings is 1. The molecule has 0 bridgehead atoms. The van der Waals surface area contributed by atoms with Crippen LogP contribution in [0.4, 0.5) is 11.5 Å². The molecule has 1 aromatic rings. The van der Waals surface area contributed by atoms with Gasteiger partial charge in [0, 0.05) is 26.3 Å². The van der Waals surface area contributed by atoms with Crippen molar-refractivity contribution < 1.29 is 0 Å². The Kier molecular flexibility index (Phi) is 3.65. The van der Waals surface area contributed by atoms with Gasteiger partial charge < -0.3 is 10.2 Å². The molecule has 0 atom stereocenters. The number of anilines is 2. The number of nitrogens with one attached hydrogen (secondary N) is 1. The molecule has 1 fully saturated rings. The number of hydrogen-bond acceptors (Lipinski definition) is 3. The lowest BCUT2D eigenvalue weighted by Crippen LogP contribution is -2.24. The number of rotatable bonds is 3. The Labute approximate surface area is 97.9 Å². The van der Waals surface area contributed by atoms with Crippen LogP contribution in [-0.2, 0) is 0 Å². The maximum Gasteiger partial charge on any atom is 0.151 e. The van der Waals surface area contributed by atoms with E-state index in [9.17, 15) is 0 Å². The zero-order valence-corrected chi connectivity index (χ0v) is 10.2. The predicted octanol–water partition coefficient (Wildman–Crippen LogP) is 2.89. The fraction of sp³-hybridized carbons (Fsp3) is 0.615. The van der Waals surface area contributed by atoms with Gasteiger partial charge in [-0.1, -0.05) is 19.3 Å². The standard InChI is InChI=1S/C13H21N3/c1-16(2)13-12(9-6-10-14-13)15-11-7-4-3-5-8-11/h6,9-11,15H,3-5,7-8H2,1-2H3. The Balaban J connectivity index is 2.07. The van der Waals surface area contributed by atoms with Crippen LogP contribution in [0.1, 0.15) is 32.1 Å². The van der Waals surface area contributed by atoms with Crippen molar-refractivity contribution in [3.63, 3.8) is 0 Å². The first kappa shape index (κ1) is 11.2. The second-order valence-electron chi connectivity index (χ2n) is 4.75. The SMILES string of the molecule is CN(C)c1ncccc1NC1CCCCC1. The van der Waals surface area contributed by atoms with Gasteiger partial charge in [0.05, 0.1) is 5.69 Å².